The summed E-state index contributed by atoms with van der Waals surface area (Å²) in [6.45, 7) is 0.341. The Balaban J connectivity index is 3.39. The molecule has 2 N–H and O–H groups in total. The molecule has 0 aliphatic heterocycles. The first kappa shape index (κ1) is 10.7. The van der Waals surface area contributed by atoms with E-state index in [1.165, 1.54) is 0 Å². The van der Waals surface area contributed by atoms with Gasteiger partial charge in [0.2, 0.25) is 0 Å². The molecule has 1 rings (SSSR count). The van der Waals surface area contributed by atoms with Crippen LogP contribution in [-0.4, -0.2) is 14.9 Å². The summed E-state index contributed by atoms with van der Waals surface area (Å²) in [4.78, 5) is 0. The number of benzene rings is 1. The van der Waals surface area contributed by atoms with Crippen molar-refractivity contribution in [1.82, 2.24) is 0 Å². The highest BCUT2D eigenvalue weighted by atomic mass is 35.5. The van der Waals surface area contributed by atoms with Gasteiger partial charge in [-0.25, -0.2) is 0 Å². The predicted octanol–water partition coefficient (Wildman–Crippen LogP) is 1.88. The van der Waals surface area contributed by atoms with Crippen molar-refractivity contribution in [2.24, 2.45) is 5.73 Å². The van der Waals surface area contributed by atoms with Crippen molar-refractivity contribution in [1.29, 1.82) is 0 Å². The van der Waals surface area contributed by atoms with Crippen LogP contribution in [0.3, 0.4) is 0 Å². The normalized spacial score (nSPS) is 10.2. The van der Waals surface area contributed by atoms with Gasteiger partial charge in [-0.1, -0.05) is 28.7 Å². The average molecular weight is 214 g/mol. The molecule has 5 heteroatoms. The Bertz CT molecular complexity index is 328. The van der Waals surface area contributed by atoms with Crippen molar-refractivity contribution in [2.75, 3.05) is 7.05 Å². The highest BCUT2D eigenvalue weighted by Gasteiger charge is 2.05. The highest BCUT2D eigenvalue weighted by molar-refractivity contribution is 6.52. The smallest absolute Gasteiger partial charge is 0.114 e. The summed E-state index contributed by atoms with van der Waals surface area (Å²) in [6.07, 6.45) is 0. The fraction of sp³-hybridized carbons (Fsp3) is 0.250. The minimum absolute atomic E-state index is 0.333. The molecule has 1 aromatic carbocycles. The maximum absolute atomic E-state index is 5.83. The largest absolute Gasteiger partial charge is 0.687 e. The van der Waals surface area contributed by atoms with Gasteiger partial charge in [-0.2, -0.15) is 0 Å². The number of nitrogens with zero attached hydrogens (tertiary/aromatic N) is 1. The Hall–Kier alpha value is -0.375. The molecule has 0 saturated carbocycles. The zero-order chi connectivity index (χ0) is 10.0. The maximum Gasteiger partial charge on any atom is 0.114 e. The van der Waals surface area contributed by atoms with Gasteiger partial charge in [0, 0.05) is 6.54 Å². The minimum Gasteiger partial charge on any atom is -0.687 e. The second kappa shape index (κ2) is 4.22. The fourth-order valence-electron chi connectivity index (χ4n) is 1.11. The number of halogens is 2. The second-order valence-electron chi connectivity index (χ2n) is 2.52. The molecule has 68 valence electrons. The van der Waals surface area contributed by atoms with E-state index in [1.807, 2.05) is 0 Å². The zero-order valence-electron chi connectivity index (χ0n) is 7.14. The van der Waals surface area contributed by atoms with Gasteiger partial charge in [0.05, 0.1) is 10.0 Å². The summed E-state index contributed by atoms with van der Waals surface area (Å²) in [6, 6.07) is 1.68. The van der Waals surface area contributed by atoms with Crippen molar-refractivity contribution in [3.05, 3.63) is 27.0 Å². The van der Waals surface area contributed by atoms with Gasteiger partial charge >= 0.3 is 0 Å². The van der Waals surface area contributed by atoms with Gasteiger partial charge in [-0.3, -0.25) is 0 Å². The van der Waals surface area contributed by atoms with E-state index >= 15 is 0 Å². The van der Waals surface area contributed by atoms with Crippen molar-refractivity contribution in [2.45, 2.75) is 6.54 Å². The molecular formula is C8H8BCl2N2-. The lowest BCUT2D eigenvalue weighted by Gasteiger charge is -2.24. The molecule has 0 saturated heterocycles. The molecule has 2 nitrogen and oxygen atoms in total. The van der Waals surface area contributed by atoms with Gasteiger partial charge in [0.15, 0.2) is 0 Å². The van der Waals surface area contributed by atoms with Crippen LogP contribution >= 0.6 is 23.2 Å². The third-order valence-electron chi connectivity index (χ3n) is 1.75. The number of nitrogens with two attached hydrogens (primary N) is 1. The molecule has 0 unspecified atom stereocenters. The van der Waals surface area contributed by atoms with Crippen LogP contribution in [0.4, 0.5) is 5.69 Å². The van der Waals surface area contributed by atoms with Crippen LogP contribution in [0.2, 0.25) is 10.0 Å². The Morgan fingerprint density at radius 1 is 1.54 bits per heavy atom. The molecule has 0 heterocycles. The fourth-order valence-corrected chi connectivity index (χ4v) is 1.49. The van der Waals surface area contributed by atoms with Crippen LogP contribution in [0, 0.1) is 0 Å². The average Bonchev–Trinajstić information content (AvgIpc) is 2.13. The predicted molar refractivity (Wildman–Crippen MR) is 58.7 cm³/mol. The Morgan fingerprint density at radius 3 is 2.62 bits per heavy atom. The maximum atomic E-state index is 5.83. The molecule has 0 spiro atoms. The van der Waals surface area contributed by atoms with E-state index in [2.05, 4.69) is 5.32 Å². The summed E-state index contributed by atoms with van der Waals surface area (Å²) in [5.41, 5.74) is 7.31. The first-order chi connectivity index (χ1) is 6.11. The molecule has 0 aliphatic rings. The zero-order valence-corrected chi connectivity index (χ0v) is 8.65. The molecule has 1 aromatic rings. The van der Waals surface area contributed by atoms with Crippen LogP contribution < -0.4 is 11.2 Å². The van der Waals surface area contributed by atoms with E-state index in [4.69, 9.17) is 36.8 Å². The van der Waals surface area contributed by atoms with Crippen LogP contribution in [0.25, 0.3) is 5.32 Å². The molecule has 0 atom stereocenters. The molecule has 0 fully saturated rings. The monoisotopic (exact) mass is 213 g/mol. The number of hydrogen-bond acceptors (Lipinski definition) is 1. The van der Waals surface area contributed by atoms with Crippen molar-refractivity contribution >= 4 is 42.2 Å². The Labute approximate surface area is 88.8 Å². The van der Waals surface area contributed by atoms with Crippen molar-refractivity contribution < 1.29 is 0 Å². The van der Waals surface area contributed by atoms with Crippen LogP contribution in [0.5, 0.6) is 0 Å². The SMILES string of the molecule is [B]c1c(Cl)c(Cl)cc(CN)c1[N-]C. The molecule has 0 aromatic heterocycles. The van der Waals surface area contributed by atoms with Crippen LogP contribution in [0.1, 0.15) is 5.56 Å². The summed E-state index contributed by atoms with van der Waals surface area (Å²) < 4.78 is 0. The van der Waals surface area contributed by atoms with Gasteiger partial charge in [-0.15, -0.1) is 12.7 Å². The third-order valence-corrected chi connectivity index (χ3v) is 2.55. The molecular weight excluding hydrogens is 206 g/mol. The molecule has 2 radical (unpaired) electrons. The van der Waals surface area contributed by atoms with Gasteiger partial charge in [-0.05, 0) is 11.6 Å². The summed E-state index contributed by atoms with van der Waals surface area (Å²) in [7, 11) is 7.34. The van der Waals surface area contributed by atoms with Gasteiger partial charge in [0.25, 0.3) is 0 Å². The molecule has 0 bridgehead atoms. The van der Waals surface area contributed by atoms with E-state index in [0.717, 1.165) is 5.56 Å². The van der Waals surface area contributed by atoms with E-state index in [1.54, 1.807) is 13.1 Å². The summed E-state index contributed by atoms with van der Waals surface area (Å²) in [5.74, 6) is 0. The molecule has 0 amide bonds. The van der Waals surface area contributed by atoms with E-state index in [-0.39, 0.29) is 0 Å². The Kier molecular flexibility index (Phi) is 3.48. The molecule has 13 heavy (non-hydrogen) atoms. The van der Waals surface area contributed by atoms with E-state index < -0.39 is 0 Å². The lowest BCUT2D eigenvalue weighted by atomic mass is 9.91. The first-order valence-electron chi connectivity index (χ1n) is 3.68. The van der Waals surface area contributed by atoms with E-state index in [0.29, 0.717) is 27.7 Å². The number of hydrogen-bond donors (Lipinski definition) is 1. The quantitative estimate of drug-likeness (QED) is 0.750. The number of rotatable bonds is 2. The third kappa shape index (κ3) is 1.93. The van der Waals surface area contributed by atoms with Crippen LogP contribution in [-0.2, 0) is 6.54 Å². The topological polar surface area (TPSA) is 40.1 Å². The molecule has 0 aliphatic carbocycles. The van der Waals surface area contributed by atoms with Gasteiger partial charge in [0.1, 0.15) is 7.85 Å². The lowest BCUT2D eigenvalue weighted by molar-refractivity contribution is 1.08. The lowest BCUT2D eigenvalue weighted by Crippen LogP contribution is -2.10. The van der Waals surface area contributed by atoms with Crippen molar-refractivity contribution in [3.8, 4) is 0 Å². The highest BCUT2D eigenvalue weighted by Crippen LogP contribution is 2.29. The Morgan fingerprint density at radius 2 is 2.15 bits per heavy atom. The second-order valence-corrected chi connectivity index (χ2v) is 3.31. The summed E-state index contributed by atoms with van der Waals surface area (Å²) >= 11 is 11.7. The van der Waals surface area contributed by atoms with E-state index in [9.17, 15) is 0 Å². The standard InChI is InChI=1S/C8H8BCl2N2/c1-13-8-4(3-12)2-5(10)7(11)6(8)9/h2H,3,12H2,1H3/q-1. The van der Waals surface area contributed by atoms with Crippen molar-refractivity contribution in [3.63, 3.8) is 0 Å². The summed E-state index contributed by atoms with van der Waals surface area (Å²) in [5, 5.41) is 4.74. The van der Waals surface area contributed by atoms with Gasteiger partial charge < -0.3 is 11.1 Å². The minimum atomic E-state index is 0.333. The first-order valence-corrected chi connectivity index (χ1v) is 4.43. The van der Waals surface area contributed by atoms with Crippen LogP contribution in [0.15, 0.2) is 6.07 Å².